The Balaban J connectivity index is 2.52. The van der Waals surface area contributed by atoms with Crippen LogP contribution in [0.2, 0.25) is 0 Å². The first-order chi connectivity index (χ1) is 6.31. The molecule has 1 aromatic carbocycles. The van der Waals surface area contributed by atoms with Gasteiger partial charge in [-0.3, -0.25) is 4.79 Å². The third-order valence-corrected chi connectivity index (χ3v) is 2.12. The highest BCUT2D eigenvalue weighted by Gasteiger charge is 2.15. The van der Waals surface area contributed by atoms with E-state index in [0.717, 1.165) is 17.5 Å². The minimum Gasteiger partial charge on any atom is -0.466 e. The summed E-state index contributed by atoms with van der Waals surface area (Å²) < 4.78 is 5.11. The van der Waals surface area contributed by atoms with Crippen molar-refractivity contribution in [1.29, 1.82) is 0 Å². The van der Waals surface area contributed by atoms with Crippen molar-refractivity contribution >= 4 is 29.4 Å². The minimum absolute atomic E-state index is 0.321. The molecule has 1 N–H and O–H groups in total. The lowest BCUT2D eigenvalue weighted by molar-refractivity contribution is 0.112. The van der Waals surface area contributed by atoms with E-state index in [9.17, 15) is 4.79 Å². The number of thiocarbonyl (C=S) groups is 1. The molecule has 4 heteroatoms. The van der Waals surface area contributed by atoms with E-state index in [1.165, 1.54) is 0 Å². The van der Waals surface area contributed by atoms with E-state index in [0.29, 0.717) is 17.3 Å². The fraction of sp³-hybridized carbons (Fsp3) is 0.111. The molecule has 0 spiro atoms. The SMILES string of the molecule is O=Cc1cccc2c1NC(=S)OC2. The highest BCUT2D eigenvalue weighted by Crippen LogP contribution is 2.24. The lowest BCUT2D eigenvalue weighted by atomic mass is 10.1. The molecule has 0 atom stereocenters. The Morgan fingerprint density at radius 2 is 2.38 bits per heavy atom. The van der Waals surface area contributed by atoms with Gasteiger partial charge >= 0.3 is 0 Å². The molecule has 1 aliphatic heterocycles. The van der Waals surface area contributed by atoms with Crippen molar-refractivity contribution in [2.24, 2.45) is 0 Å². The van der Waals surface area contributed by atoms with Crippen molar-refractivity contribution in [2.75, 3.05) is 5.32 Å². The van der Waals surface area contributed by atoms with E-state index >= 15 is 0 Å². The van der Waals surface area contributed by atoms with Crippen LogP contribution in [-0.4, -0.2) is 11.5 Å². The van der Waals surface area contributed by atoms with Gasteiger partial charge in [0.15, 0.2) is 6.29 Å². The van der Waals surface area contributed by atoms with E-state index in [1.54, 1.807) is 6.07 Å². The van der Waals surface area contributed by atoms with Crippen molar-refractivity contribution < 1.29 is 9.53 Å². The third kappa shape index (κ3) is 1.40. The quantitative estimate of drug-likeness (QED) is 0.544. The summed E-state index contributed by atoms with van der Waals surface area (Å²) in [6.07, 6.45) is 0.805. The molecule has 0 amide bonds. The van der Waals surface area contributed by atoms with E-state index in [2.05, 4.69) is 5.32 Å². The van der Waals surface area contributed by atoms with Crippen LogP contribution < -0.4 is 5.32 Å². The molecule has 1 heterocycles. The molecule has 0 radical (unpaired) electrons. The number of aldehydes is 1. The summed E-state index contributed by atoms with van der Waals surface area (Å²) in [6, 6.07) is 5.46. The molecule has 0 saturated heterocycles. The smallest absolute Gasteiger partial charge is 0.261 e. The number of para-hydroxylation sites is 1. The van der Waals surface area contributed by atoms with Crippen LogP contribution in [0.5, 0.6) is 0 Å². The highest BCUT2D eigenvalue weighted by atomic mass is 32.1. The summed E-state index contributed by atoms with van der Waals surface area (Å²) in [5.41, 5.74) is 2.34. The number of anilines is 1. The fourth-order valence-corrected chi connectivity index (χ4v) is 1.43. The zero-order chi connectivity index (χ0) is 9.26. The molecule has 0 unspecified atom stereocenters. The Bertz CT molecular complexity index is 376. The largest absolute Gasteiger partial charge is 0.466 e. The number of ether oxygens (including phenoxy) is 1. The van der Waals surface area contributed by atoms with Gasteiger partial charge in [0.2, 0.25) is 0 Å². The van der Waals surface area contributed by atoms with Gasteiger partial charge < -0.3 is 10.1 Å². The molecular weight excluding hydrogens is 186 g/mol. The molecule has 13 heavy (non-hydrogen) atoms. The lowest BCUT2D eigenvalue weighted by Gasteiger charge is -2.20. The van der Waals surface area contributed by atoms with Crippen LogP contribution >= 0.6 is 12.2 Å². The lowest BCUT2D eigenvalue weighted by Crippen LogP contribution is -2.21. The molecule has 0 aliphatic carbocycles. The minimum atomic E-state index is 0.321. The van der Waals surface area contributed by atoms with Crippen LogP contribution in [0, 0.1) is 0 Å². The van der Waals surface area contributed by atoms with E-state index in [-0.39, 0.29) is 0 Å². The van der Waals surface area contributed by atoms with Gasteiger partial charge in [0.25, 0.3) is 5.17 Å². The maximum atomic E-state index is 10.7. The van der Waals surface area contributed by atoms with Crippen molar-refractivity contribution in [1.82, 2.24) is 0 Å². The van der Waals surface area contributed by atoms with Crippen molar-refractivity contribution in [2.45, 2.75) is 6.61 Å². The van der Waals surface area contributed by atoms with Crippen LogP contribution in [0.1, 0.15) is 15.9 Å². The first-order valence-electron chi connectivity index (χ1n) is 3.82. The topological polar surface area (TPSA) is 38.3 Å². The zero-order valence-electron chi connectivity index (χ0n) is 6.74. The van der Waals surface area contributed by atoms with Gasteiger partial charge in [-0.2, -0.15) is 0 Å². The summed E-state index contributed by atoms with van der Waals surface area (Å²) >= 11 is 4.84. The number of rotatable bonds is 1. The van der Waals surface area contributed by atoms with Gasteiger partial charge in [-0.05, 0) is 18.3 Å². The number of hydrogen-bond acceptors (Lipinski definition) is 3. The van der Waals surface area contributed by atoms with Gasteiger partial charge in [0.05, 0.1) is 5.69 Å². The van der Waals surface area contributed by atoms with Gasteiger partial charge in [-0.15, -0.1) is 0 Å². The van der Waals surface area contributed by atoms with E-state index < -0.39 is 0 Å². The van der Waals surface area contributed by atoms with Crippen LogP contribution in [0.25, 0.3) is 0 Å². The highest BCUT2D eigenvalue weighted by molar-refractivity contribution is 7.80. The number of nitrogens with one attached hydrogen (secondary N) is 1. The van der Waals surface area contributed by atoms with Crippen LogP contribution in [0.3, 0.4) is 0 Å². The molecule has 0 fully saturated rings. The molecule has 0 bridgehead atoms. The Kier molecular flexibility index (Phi) is 1.98. The normalized spacial score (nSPS) is 14.0. The summed E-state index contributed by atoms with van der Waals surface area (Å²) in [6.45, 7) is 0.433. The number of hydrogen-bond donors (Lipinski definition) is 1. The Morgan fingerprint density at radius 1 is 1.54 bits per heavy atom. The van der Waals surface area contributed by atoms with Crippen molar-refractivity contribution in [3.63, 3.8) is 0 Å². The summed E-state index contributed by atoms with van der Waals surface area (Å²) in [5, 5.41) is 3.18. The second-order valence-corrected chi connectivity index (χ2v) is 3.07. The number of carbonyl (C=O) groups is 1. The standard InChI is InChI=1S/C9H7NO2S/c11-4-6-2-1-3-7-5-12-9(13)10-8(6)7/h1-4H,5H2,(H,10,13). The second-order valence-electron chi connectivity index (χ2n) is 2.70. The molecular formula is C9H7NO2S. The zero-order valence-corrected chi connectivity index (χ0v) is 7.56. The molecule has 1 aromatic rings. The van der Waals surface area contributed by atoms with E-state index in [4.69, 9.17) is 17.0 Å². The second kappa shape index (κ2) is 3.14. The molecule has 3 nitrogen and oxygen atoms in total. The summed E-state index contributed by atoms with van der Waals surface area (Å²) in [5.74, 6) is 0. The van der Waals surface area contributed by atoms with E-state index in [1.807, 2.05) is 12.1 Å². The van der Waals surface area contributed by atoms with Crippen LogP contribution in [0.4, 0.5) is 5.69 Å². The molecule has 1 aliphatic rings. The van der Waals surface area contributed by atoms with Gasteiger partial charge in [0, 0.05) is 11.1 Å². The van der Waals surface area contributed by atoms with Crippen LogP contribution in [-0.2, 0) is 11.3 Å². The Labute approximate surface area is 80.7 Å². The molecule has 0 aromatic heterocycles. The Morgan fingerprint density at radius 3 is 3.15 bits per heavy atom. The van der Waals surface area contributed by atoms with Crippen LogP contribution in [0.15, 0.2) is 18.2 Å². The average molecular weight is 193 g/mol. The first-order valence-corrected chi connectivity index (χ1v) is 4.23. The van der Waals surface area contributed by atoms with Gasteiger partial charge in [0.1, 0.15) is 6.61 Å². The van der Waals surface area contributed by atoms with Crippen molar-refractivity contribution in [3.05, 3.63) is 29.3 Å². The third-order valence-electron chi connectivity index (χ3n) is 1.90. The maximum absolute atomic E-state index is 10.7. The van der Waals surface area contributed by atoms with Gasteiger partial charge in [-0.25, -0.2) is 0 Å². The number of benzene rings is 1. The first kappa shape index (κ1) is 8.19. The number of fused-ring (bicyclic) bond motifs is 1. The predicted molar refractivity (Wildman–Crippen MR) is 52.8 cm³/mol. The summed E-state index contributed by atoms with van der Waals surface area (Å²) in [7, 11) is 0. The molecule has 2 rings (SSSR count). The molecule has 0 saturated carbocycles. The maximum Gasteiger partial charge on any atom is 0.261 e. The summed E-state index contributed by atoms with van der Waals surface area (Å²) in [4.78, 5) is 10.7. The molecule has 66 valence electrons. The van der Waals surface area contributed by atoms with Gasteiger partial charge in [-0.1, -0.05) is 12.1 Å². The predicted octanol–water partition coefficient (Wildman–Crippen LogP) is 1.73. The average Bonchev–Trinajstić information content (AvgIpc) is 2.17. The monoisotopic (exact) mass is 193 g/mol. The Hall–Kier alpha value is -1.42. The van der Waals surface area contributed by atoms with Crippen molar-refractivity contribution in [3.8, 4) is 0 Å². The number of carbonyl (C=O) groups excluding carboxylic acids is 1. The fourth-order valence-electron chi connectivity index (χ4n) is 1.27.